The van der Waals surface area contributed by atoms with Gasteiger partial charge in [0.1, 0.15) is 17.6 Å². The first kappa shape index (κ1) is 17.9. The minimum Gasteiger partial charge on any atom is -0.495 e. The number of benzene rings is 2. The summed E-state index contributed by atoms with van der Waals surface area (Å²) in [7, 11) is 1.53. The number of hydrazone groups is 1. The van der Waals surface area contributed by atoms with Gasteiger partial charge in [-0.2, -0.15) is 10.4 Å². The van der Waals surface area contributed by atoms with Crippen molar-refractivity contribution in [3.8, 4) is 23.1 Å². The molecule has 0 aliphatic rings. The zero-order valence-corrected chi connectivity index (χ0v) is 15.1. The number of nitrogens with zero attached hydrogens (tertiary/aromatic N) is 3. The topological polar surface area (TPSA) is 70.3 Å². The standard InChI is InChI=1S/C18H12ClFN4OS/c1-25-17-7-4-12(19)8-14(17)23-24-15(9-21)18-22-16(10-26-18)11-2-5-13(20)6-3-11/h2-8,10,23H,1H3/b24-15+. The fourth-order valence-corrected chi connectivity index (χ4v) is 3.08. The molecule has 3 aromatic rings. The van der Waals surface area contributed by atoms with E-state index in [1.807, 2.05) is 6.07 Å². The predicted octanol–water partition coefficient (Wildman–Crippen LogP) is 4.95. The summed E-state index contributed by atoms with van der Waals surface area (Å²) in [6.07, 6.45) is 0. The van der Waals surface area contributed by atoms with E-state index in [0.29, 0.717) is 27.2 Å². The Bertz CT molecular complexity index is 995. The lowest BCUT2D eigenvalue weighted by Gasteiger charge is -2.07. The molecule has 5 nitrogen and oxygen atoms in total. The Morgan fingerprint density at radius 3 is 2.77 bits per heavy atom. The monoisotopic (exact) mass is 386 g/mol. The van der Waals surface area contributed by atoms with Crippen LogP contribution in [0.5, 0.6) is 5.75 Å². The quantitative estimate of drug-likeness (QED) is 0.497. The first-order chi connectivity index (χ1) is 12.6. The maximum absolute atomic E-state index is 13.0. The van der Waals surface area contributed by atoms with Crippen molar-refractivity contribution in [1.29, 1.82) is 5.26 Å². The summed E-state index contributed by atoms with van der Waals surface area (Å²) in [5.74, 6) is 0.227. The summed E-state index contributed by atoms with van der Waals surface area (Å²) in [6.45, 7) is 0. The third kappa shape index (κ3) is 3.99. The van der Waals surface area contributed by atoms with Gasteiger partial charge >= 0.3 is 0 Å². The van der Waals surface area contributed by atoms with Gasteiger partial charge in [-0.25, -0.2) is 9.37 Å². The van der Waals surface area contributed by atoms with Crippen molar-refractivity contribution in [2.24, 2.45) is 5.10 Å². The van der Waals surface area contributed by atoms with Crippen molar-refractivity contribution in [3.63, 3.8) is 0 Å². The SMILES string of the molecule is COc1ccc(Cl)cc1N/N=C(\C#N)c1nc(-c2ccc(F)cc2)cs1. The number of halogens is 2. The van der Waals surface area contributed by atoms with Crippen molar-refractivity contribution in [3.05, 3.63) is 63.7 Å². The highest BCUT2D eigenvalue weighted by Gasteiger charge is 2.11. The number of nitrogens with one attached hydrogen (secondary N) is 1. The molecule has 0 unspecified atom stereocenters. The van der Waals surface area contributed by atoms with E-state index in [9.17, 15) is 9.65 Å². The van der Waals surface area contributed by atoms with Gasteiger partial charge < -0.3 is 4.74 Å². The largest absolute Gasteiger partial charge is 0.495 e. The molecule has 0 saturated carbocycles. The highest BCUT2D eigenvalue weighted by atomic mass is 35.5. The number of hydrogen-bond donors (Lipinski definition) is 1. The van der Waals surface area contributed by atoms with Crippen molar-refractivity contribution in [2.45, 2.75) is 0 Å². The number of rotatable bonds is 5. The summed E-state index contributed by atoms with van der Waals surface area (Å²) in [5, 5.41) is 16.2. The molecule has 0 bridgehead atoms. The number of nitriles is 1. The van der Waals surface area contributed by atoms with Gasteiger partial charge in [-0.3, -0.25) is 5.43 Å². The van der Waals surface area contributed by atoms with E-state index in [2.05, 4.69) is 15.5 Å². The average Bonchev–Trinajstić information content (AvgIpc) is 3.13. The van der Waals surface area contributed by atoms with Crippen molar-refractivity contribution < 1.29 is 9.13 Å². The van der Waals surface area contributed by atoms with Crippen molar-refractivity contribution in [1.82, 2.24) is 4.98 Å². The van der Waals surface area contributed by atoms with Gasteiger partial charge in [0.2, 0.25) is 0 Å². The second kappa shape index (κ2) is 7.95. The highest BCUT2D eigenvalue weighted by molar-refractivity contribution is 7.12. The van der Waals surface area contributed by atoms with Gasteiger partial charge in [0.25, 0.3) is 0 Å². The molecule has 0 saturated heterocycles. The van der Waals surface area contributed by atoms with Crippen LogP contribution in [0, 0.1) is 17.1 Å². The van der Waals surface area contributed by atoms with Crippen LogP contribution in [0.2, 0.25) is 5.02 Å². The highest BCUT2D eigenvalue weighted by Crippen LogP contribution is 2.28. The van der Waals surface area contributed by atoms with Crippen LogP contribution in [0.4, 0.5) is 10.1 Å². The summed E-state index contributed by atoms with van der Waals surface area (Å²) in [6, 6.07) is 13.0. The van der Waals surface area contributed by atoms with Gasteiger partial charge in [-0.05, 0) is 42.5 Å². The van der Waals surface area contributed by atoms with Crippen LogP contribution in [0.25, 0.3) is 11.3 Å². The third-order valence-electron chi connectivity index (χ3n) is 3.40. The second-order valence-corrected chi connectivity index (χ2v) is 6.37. The first-order valence-electron chi connectivity index (χ1n) is 7.40. The van der Waals surface area contributed by atoms with Gasteiger partial charge in [-0.1, -0.05) is 11.6 Å². The average molecular weight is 387 g/mol. The number of hydrogen-bond acceptors (Lipinski definition) is 6. The maximum Gasteiger partial charge on any atom is 0.196 e. The van der Waals surface area contributed by atoms with E-state index in [-0.39, 0.29) is 11.5 Å². The molecule has 0 radical (unpaired) electrons. The molecule has 8 heteroatoms. The van der Waals surface area contributed by atoms with Crippen molar-refractivity contribution in [2.75, 3.05) is 12.5 Å². The van der Waals surface area contributed by atoms with Gasteiger partial charge in [-0.15, -0.1) is 11.3 Å². The Hall–Kier alpha value is -2.95. The van der Waals surface area contributed by atoms with E-state index in [4.69, 9.17) is 16.3 Å². The summed E-state index contributed by atoms with van der Waals surface area (Å²) in [5.41, 5.74) is 4.84. The number of thiazole rings is 1. The number of ether oxygens (including phenoxy) is 1. The molecule has 3 rings (SSSR count). The second-order valence-electron chi connectivity index (χ2n) is 5.07. The molecular weight excluding hydrogens is 375 g/mol. The fraction of sp³-hybridized carbons (Fsp3) is 0.0556. The van der Waals surface area contributed by atoms with Crippen LogP contribution in [0.1, 0.15) is 5.01 Å². The van der Waals surface area contributed by atoms with E-state index in [1.165, 1.54) is 30.6 Å². The summed E-state index contributed by atoms with van der Waals surface area (Å²) >= 11 is 7.25. The molecule has 0 spiro atoms. The summed E-state index contributed by atoms with van der Waals surface area (Å²) < 4.78 is 18.3. The molecule has 0 fully saturated rings. The predicted molar refractivity (Wildman–Crippen MR) is 101 cm³/mol. The Morgan fingerprint density at radius 2 is 2.08 bits per heavy atom. The Kier molecular flexibility index (Phi) is 5.46. The lowest BCUT2D eigenvalue weighted by molar-refractivity contribution is 0.416. The molecular formula is C18H12ClFN4OS. The number of anilines is 1. The van der Waals surface area contributed by atoms with Gasteiger partial charge in [0.05, 0.1) is 18.5 Å². The first-order valence-corrected chi connectivity index (χ1v) is 8.65. The molecule has 2 aromatic carbocycles. The lowest BCUT2D eigenvalue weighted by atomic mass is 10.2. The lowest BCUT2D eigenvalue weighted by Crippen LogP contribution is -2.02. The van der Waals surface area contributed by atoms with Crippen LogP contribution in [0.3, 0.4) is 0 Å². The Morgan fingerprint density at radius 1 is 1.31 bits per heavy atom. The maximum atomic E-state index is 13.0. The zero-order chi connectivity index (χ0) is 18.5. The smallest absolute Gasteiger partial charge is 0.196 e. The zero-order valence-electron chi connectivity index (χ0n) is 13.5. The minimum atomic E-state index is -0.317. The Balaban J connectivity index is 1.86. The Labute approximate surface area is 158 Å². The van der Waals surface area contributed by atoms with E-state index < -0.39 is 0 Å². The molecule has 1 heterocycles. The van der Waals surface area contributed by atoms with Crippen LogP contribution >= 0.6 is 22.9 Å². The molecule has 130 valence electrons. The van der Waals surface area contributed by atoms with E-state index >= 15 is 0 Å². The van der Waals surface area contributed by atoms with E-state index in [1.54, 1.807) is 35.7 Å². The summed E-state index contributed by atoms with van der Waals surface area (Å²) in [4.78, 5) is 4.40. The van der Waals surface area contributed by atoms with Crippen LogP contribution in [-0.4, -0.2) is 17.8 Å². The molecule has 0 aliphatic heterocycles. The molecule has 0 aliphatic carbocycles. The normalized spacial score (nSPS) is 11.1. The van der Waals surface area contributed by atoms with Gasteiger partial charge in [0.15, 0.2) is 10.7 Å². The van der Waals surface area contributed by atoms with Crippen LogP contribution in [-0.2, 0) is 0 Å². The molecule has 1 aromatic heterocycles. The molecule has 26 heavy (non-hydrogen) atoms. The molecule has 0 amide bonds. The van der Waals surface area contributed by atoms with E-state index in [0.717, 1.165) is 5.56 Å². The van der Waals surface area contributed by atoms with Crippen LogP contribution < -0.4 is 10.2 Å². The van der Waals surface area contributed by atoms with Crippen LogP contribution in [0.15, 0.2) is 52.9 Å². The molecule has 1 N–H and O–H groups in total. The van der Waals surface area contributed by atoms with Crippen molar-refractivity contribution >= 4 is 34.3 Å². The number of methoxy groups -OCH3 is 1. The third-order valence-corrected chi connectivity index (χ3v) is 4.49. The minimum absolute atomic E-state index is 0.116. The van der Waals surface area contributed by atoms with Gasteiger partial charge in [0, 0.05) is 16.0 Å². The number of aromatic nitrogens is 1. The molecule has 0 atom stereocenters. The fourth-order valence-electron chi connectivity index (χ4n) is 2.14.